The summed E-state index contributed by atoms with van der Waals surface area (Å²) in [7, 11) is 0. The van der Waals surface area contributed by atoms with E-state index in [0.717, 1.165) is 19.4 Å². The van der Waals surface area contributed by atoms with Crippen molar-refractivity contribution in [2.24, 2.45) is 16.7 Å². The van der Waals surface area contributed by atoms with Crippen LogP contribution in [0, 0.1) is 23.7 Å². The van der Waals surface area contributed by atoms with E-state index in [0.29, 0.717) is 5.92 Å². The van der Waals surface area contributed by atoms with Crippen LogP contribution in [0.15, 0.2) is 156 Å². The van der Waals surface area contributed by atoms with E-state index in [9.17, 15) is 0 Å². The van der Waals surface area contributed by atoms with E-state index < -0.39 is 0 Å². The first-order valence-electron chi connectivity index (χ1n) is 19.5. The third-order valence-electron chi connectivity index (χ3n) is 12.6. The maximum Gasteiger partial charge on any atom is 0.0433 e. The van der Waals surface area contributed by atoms with Gasteiger partial charge in [0.15, 0.2) is 0 Å². The van der Waals surface area contributed by atoms with Gasteiger partial charge in [0, 0.05) is 49.0 Å². The number of thiophene rings is 1. The van der Waals surface area contributed by atoms with Crippen molar-refractivity contribution in [1.82, 2.24) is 5.32 Å². The minimum absolute atomic E-state index is 0.0552. The highest BCUT2D eigenvalue weighted by Crippen LogP contribution is 2.76. The fraction of sp³-hybridized carbons (Fsp3) is 0.255. The Bertz CT molecular complexity index is 2430. The summed E-state index contributed by atoms with van der Waals surface area (Å²) in [4.78, 5) is 1.54. The van der Waals surface area contributed by atoms with Crippen molar-refractivity contribution < 1.29 is 0 Å². The first kappa shape index (κ1) is 33.9. The molecule has 3 unspecified atom stereocenters. The van der Waals surface area contributed by atoms with Crippen LogP contribution in [0.2, 0.25) is 0 Å². The van der Waals surface area contributed by atoms with E-state index in [1.165, 1.54) is 77.9 Å². The topological polar surface area (TPSA) is 12.0 Å². The lowest BCUT2D eigenvalue weighted by molar-refractivity contribution is 0.513. The molecular weight excluding hydrogens is 659 g/mol. The lowest BCUT2D eigenvalue weighted by Crippen LogP contribution is -2.32. The molecule has 264 valence electrons. The summed E-state index contributed by atoms with van der Waals surface area (Å²) in [5.74, 6) is 0.497. The summed E-state index contributed by atoms with van der Waals surface area (Å²) < 4.78 is 1.47. The Morgan fingerprint density at radius 3 is 2.34 bits per heavy atom. The van der Waals surface area contributed by atoms with Crippen LogP contribution in [0.25, 0.3) is 38.4 Å². The zero-order valence-electron chi connectivity index (χ0n) is 31.7. The van der Waals surface area contributed by atoms with Gasteiger partial charge in [0.25, 0.3) is 0 Å². The summed E-state index contributed by atoms with van der Waals surface area (Å²) in [5, 5.41) is 5.40. The van der Waals surface area contributed by atoms with Crippen LogP contribution < -0.4 is 5.32 Å². The Kier molecular flexibility index (Phi) is 8.24. The van der Waals surface area contributed by atoms with Crippen molar-refractivity contribution in [3.63, 3.8) is 0 Å². The van der Waals surface area contributed by atoms with Gasteiger partial charge in [-0.25, -0.2) is 0 Å². The van der Waals surface area contributed by atoms with Crippen molar-refractivity contribution in [3.8, 4) is 22.3 Å². The van der Waals surface area contributed by atoms with Gasteiger partial charge in [0.05, 0.1) is 0 Å². The molecule has 0 spiro atoms. The van der Waals surface area contributed by atoms with Gasteiger partial charge in [-0.2, -0.15) is 0 Å². The molecule has 1 nitrogen and oxygen atoms in total. The van der Waals surface area contributed by atoms with Crippen molar-refractivity contribution in [3.05, 3.63) is 184 Å². The minimum Gasteiger partial charge on any atom is -0.387 e. The van der Waals surface area contributed by atoms with Crippen LogP contribution in [0.4, 0.5) is 0 Å². The quantitative estimate of drug-likeness (QED) is 0.185. The summed E-state index contributed by atoms with van der Waals surface area (Å²) in [6.07, 6.45) is 24.8. The van der Waals surface area contributed by atoms with E-state index in [1.54, 1.807) is 4.88 Å². The van der Waals surface area contributed by atoms with Crippen molar-refractivity contribution in [1.29, 1.82) is 0 Å². The molecule has 1 N–H and O–H groups in total. The van der Waals surface area contributed by atoms with E-state index >= 15 is 0 Å². The molecule has 1 heterocycles. The highest BCUT2D eigenvalue weighted by atomic mass is 32.1. The van der Waals surface area contributed by atoms with Crippen LogP contribution in [0.5, 0.6) is 0 Å². The van der Waals surface area contributed by atoms with E-state index in [2.05, 4.69) is 180 Å². The fourth-order valence-electron chi connectivity index (χ4n) is 9.64. The largest absolute Gasteiger partial charge is 0.387 e. The smallest absolute Gasteiger partial charge is 0.0433 e. The summed E-state index contributed by atoms with van der Waals surface area (Å²) in [6.45, 7) is 12.4. The second-order valence-corrected chi connectivity index (χ2v) is 17.3. The van der Waals surface area contributed by atoms with Crippen molar-refractivity contribution >= 4 is 27.5 Å². The van der Waals surface area contributed by atoms with E-state index in [1.807, 2.05) is 17.4 Å². The van der Waals surface area contributed by atoms with Gasteiger partial charge in [-0.05, 0) is 89.6 Å². The van der Waals surface area contributed by atoms with Gasteiger partial charge in [0.1, 0.15) is 0 Å². The van der Waals surface area contributed by atoms with Crippen molar-refractivity contribution in [2.45, 2.75) is 59.3 Å². The van der Waals surface area contributed by atoms with Gasteiger partial charge >= 0.3 is 0 Å². The Morgan fingerprint density at radius 1 is 0.811 bits per heavy atom. The SMILES string of the molecule is CC/C=C\C1=C(C)C=C(NCC2C=Cc3c(sc4c5c(ccc34)C(C)(C)c3ccccc3-5)C2)C23C=CC=CC12C3.Cc1ccc(-c2ccccc2)cc1. The van der Waals surface area contributed by atoms with Crippen LogP contribution in [-0.2, 0) is 11.8 Å². The van der Waals surface area contributed by atoms with Crippen LogP contribution in [0.1, 0.15) is 67.7 Å². The maximum atomic E-state index is 3.98. The maximum absolute atomic E-state index is 3.98. The molecule has 0 saturated heterocycles. The third kappa shape index (κ3) is 5.40. The number of hydrogen-bond donors (Lipinski definition) is 1. The molecule has 3 atom stereocenters. The Balaban J connectivity index is 0.000000242. The van der Waals surface area contributed by atoms with Gasteiger partial charge in [-0.15, -0.1) is 11.3 Å². The number of allylic oxidation sites excluding steroid dienone is 9. The minimum atomic E-state index is 0.0552. The molecule has 5 aromatic rings. The molecule has 0 amide bonds. The number of benzene rings is 4. The molecular formula is C51H49NS. The van der Waals surface area contributed by atoms with Crippen LogP contribution in [0.3, 0.4) is 0 Å². The fourth-order valence-corrected chi connectivity index (χ4v) is 11.1. The normalized spacial score (nSPS) is 23.8. The van der Waals surface area contributed by atoms with Crippen LogP contribution >= 0.6 is 11.3 Å². The molecule has 0 bridgehead atoms. The van der Waals surface area contributed by atoms with Crippen molar-refractivity contribution in [2.75, 3.05) is 6.54 Å². The number of aryl methyl sites for hydroxylation is 1. The van der Waals surface area contributed by atoms with E-state index in [-0.39, 0.29) is 16.2 Å². The monoisotopic (exact) mass is 707 g/mol. The first-order chi connectivity index (χ1) is 25.8. The Morgan fingerprint density at radius 2 is 1.55 bits per heavy atom. The standard InChI is InChI=1S/C38H37NS.C13H12/c1-5-6-12-29-24(2)20-33(38-19-10-9-18-37(29,38)23-38)39-22-25-14-15-26-27-16-17-31-34(35(27)40-32(26)21-25)28-11-7-8-13-30(28)36(31,3)4;1-11-7-9-13(10-8-11)12-5-3-2-4-6-12/h6-20,25,39H,5,21-23H2,1-4H3;2-10H,1H3/b12-6-;. The molecule has 5 aliphatic rings. The second-order valence-electron chi connectivity index (χ2n) is 16.2. The Labute approximate surface area is 319 Å². The van der Waals surface area contributed by atoms with Gasteiger partial charge in [0.2, 0.25) is 0 Å². The molecule has 0 radical (unpaired) electrons. The zero-order valence-corrected chi connectivity index (χ0v) is 32.5. The number of fused-ring (bicyclic) bond motifs is 7. The molecule has 4 aromatic carbocycles. The number of nitrogens with one attached hydrogen (secondary N) is 1. The zero-order chi connectivity index (χ0) is 36.4. The third-order valence-corrected chi connectivity index (χ3v) is 13.8. The molecule has 1 saturated carbocycles. The lowest BCUT2D eigenvalue weighted by Gasteiger charge is -2.33. The molecule has 0 aliphatic heterocycles. The second kappa shape index (κ2) is 12.9. The molecule has 10 rings (SSSR count). The van der Waals surface area contributed by atoms with Gasteiger partial charge in [-0.1, -0.05) is 166 Å². The highest BCUT2D eigenvalue weighted by Gasteiger charge is 2.69. The first-order valence-corrected chi connectivity index (χ1v) is 20.3. The molecule has 2 heteroatoms. The number of hydrogen-bond acceptors (Lipinski definition) is 2. The number of rotatable bonds is 6. The predicted molar refractivity (Wildman–Crippen MR) is 228 cm³/mol. The summed E-state index contributed by atoms with van der Waals surface area (Å²) in [6, 6.07) is 32.8. The van der Waals surface area contributed by atoms with Crippen LogP contribution in [-0.4, -0.2) is 6.54 Å². The lowest BCUT2D eigenvalue weighted by atomic mass is 9.75. The predicted octanol–water partition coefficient (Wildman–Crippen LogP) is 13.3. The summed E-state index contributed by atoms with van der Waals surface area (Å²) >= 11 is 2.04. The molecule has 5 aliphatic carbocycles. The van der Waals surface area contributed by atoms with E-state index in [4.69, 9.17) is 0 Å². The average molecular weight is 708 g/mol. The van der Waals surface area contributed by atoms with Gasteiger partial charge in [-0.3, -0.25) is 0 Å². The highest BCUT2D eigenvalue weighted by molar-refractivity contribution is 7.20. The molecule has 1 fully saturated rings. The Hall–Kier alpha value is -4.92. The molecule has 53 heavy (non-hydrogen) atoms. The molecule has 1 aromatic heterocycles. The van der Waals surface area contributed by atoms with Gasteiger partial charge < -0.3 is 5.32 Å². The average Bonchev–Trinajstić information content (AvgIpc) is 3.68. The summed E-state index contributed by atoms with van der Waals surface area (Å²) in [5.41, 5.74) is 15.8.